The Morgan fingerprint density at radius 1 is 1.05 bits per heavy atom. The minimum absolute atomic E-state index is 0.209. The van der Waals surface area contributed by atoms with Gasteiger partial charge in [-0.05, 0) is 30.3 Å². The molecule has 0 atom stereocenters. The molecule has 110 valence electrons. The third-order valence-electron chi connectivity index (χ3n) is 2.85. The standard InChI is InChI=1S/C14H12F3N3O/c1-19-14(21)7-2-4-9(18)11(6-7)20-10-5-3-8(15)12(16)13(10)17/h2-6,20H,18H2,1H3,(H,19,21). The van der Waals surface area contributed by atoms with E-state index in [2.05, 4.69) is 10.6 Å². The second-order valence-electron chi connectivity index (χ2n) is 4.23. The molecule has 2 aromatic carbocycles. The van der Waals surface area contributed by atoms with Crippen molar-refractivity contribution in [3.8, 4) is 0 Å². The predicted octanol–water partition coefficient (Wildman–Crippen LogP) is 2.79. The lowest BCUT2D eigenvalue weighted by molar-refractivity contribution is 0.0963. The quantitative estimate of drug-likeness (QED) is 0.602. The molecule has 1 amide bonds. The largest absolute Gasteiger partial charge is 0.397 e. The Morgan fingerprint density at radius 3 is 2.43 bits per heavy atom. The summed E-state index contributed by atoms with van der Waals surface area (Å²) in [4.78, 5) is 11.5. The summed E-state index contributed by atoms with van der Waals surface area (Å²) in [7, 11) is 1.46. The number of nitrogens with one attached hydrogen (secondary N) is 2. The van der Waals surface area contributed by atoms with Crippen LogP contribution in [-0.2, 0) is 0 Å². The van der Waals surface area contributed by atoms with E-state index in [-0.39, 0.29) is 28.5 Å². The lowest BCUT2D eigenvalue weighted by Crippen LogP contribution is -2.18. The maximum atomic E-state index is 13.6. The number of amides is 1. The van der Waals surface area contributed by atoms with Crippen LogP contribution in [0.15, 0.2) is 30.3 Å². The minimum Gasteiger partial charge on any atom is -0.397 e. The monoisotopic (exact) mass is 295 g/mol. The van der Waals surface area contributed by atoms with Crippen molar-refractivity contribution in [3.63, 3.8) is 0 Å². The molecule has 0 aromatic heterocycles. The number of carbonyl (C=O) groups is 1. The van der Waals surface area contributed by atoms with Gasteiger partial charge in [-0.3, -0.25) is 4.79 Å². The molecule has 4 nitrogen and oxygen atoms in total. The van der Waals surface area contributed by atoms with Crippen LogP contribution in [0.5, 0.6) is 0 Å². The van der Waals surface area contributed by atoms with Crippen molar-refractivity contribution < 1.29 is 18.0 Å². The molecule has 21 heavy (non-hydrogen) atoms. The summed E-state index contributed by atoms with van der Waals surface area (Å²) in [6, 6.07) is 6.15. The van der Waals surface area contributed by atoms with Crippen molar-refractivity contribution in [2.24, 2.45) is 0 Å². The molecule has 0 radical (unpaired) electrons. The van der Waals surface area contributed by atoms with Crippen molar-refractivity contribution >= 4 is 23.0 Å². The molecule has 2 aromatic rings. The van der Waals surface area contributed by atoms with Crippen LogP contribution in [-0.4, -0.2) is 13.0 Å². The number of carbonyl (C=O) groups excluding carboxylic acids is 1. The van der Waals surface area contributed by atoms with Gasteiger partial charge in [0, 0.05) is 12.6 Å². The summed E-state index contributed by atoms with van der Waals surface area (Å²) in [5.41, 5.74) is 6.16. The van der Waals surface area contributed by atoms with Gasteiger partial charge >= 0.3 is 0 Å². The Kier molecular flexibility index (Phi) is 4.02. The highest BCUT2D eigenvalue weighted by Gasteiger charge is 2.15. The number of nitrogens with two attached hydrogens (primary N) is 1. The Hall–Kier alpha value is -2.70. The molecule has 0 aliphatic carbocycles. The molecular weight excluding hydrogens is 283 g/mol. The molecule has 7 heteroatoms. The van der Waals surface area contributed by atoms with E-state index in [0.29, 0.717) is 0 Å². The summed E-state index contributed by atoms with van der Waals surface area (Å²) >= 11 is 0. The van der Waals surface area contributed by atoms with Crippen LogP contribution < -0.4 is 16.4 Å². The predicted molar refractivity (Wildman–Crippen MR) is 73.8 cm³/mol. The van der Waals surface area contributed by atoms with E-state index >= 15 is 0 Å². The first-order valence-electron chi connectivity index (χ1n) is 5.96. The molecule has 0 bridgehead atoms. The molecule has 0 unspecified atom stereocenters. The zero-order valence-corrected chi connectivity index (χ0v) is 11.0. The van der Waals surface area contributed by atoms with Gasteiger partial charge in [0.1, 0.15) is 0 Å². The van der Waals surface area contributed by atoms with Gasteiger partial charge in [0.25, 0.3) is 5.91 Å². The SMILES string of the molecule is CNC(=O)c1ccc(N)c(Nc2ccc(F)c(F)c2F)c1. The Bertz CT molecular complexity index is 704. The van der Waals surface area contributed by atoms with E-state index in [1.165, 1.54) is 25.2 Å². The van der Waals surface area contributed by atoms with Gasteiger partial charge in [0.2, 0.25) is 0 Å². The van der Waals surface area contributed by atoms with E-state index in [9.17, 15) is 18.0 Å². The molecule has 0 saturated heterocycles. The van der Waals surface area contributed by atoms with E-state index < -0.39 is 17.5 Å². The maximum absolute atomic E-state index is 13.6. The van der Waals surface area contributed by atoms with Crippen LogP contribution in [0.4, 0.5) is 30.2 Å². The van der Waals surface area contributed by atoms with E-state index in [0.717, 1.165) is 12.1 Å². The number of halogens is 3. The number of anilines is 3. The molecule has 0 saturated carbocycles. The van der Waals surface area contributed by atoms with Gasteiger partial charge in [-0.2, -0.15) is 0 Å². The summed E-state index contributed by atoms with van der Waals surface area (Å²) < 4.78 is 39.7. The Labute approximate surface area is 118 Å². The molecule has 2 rings (SSSR count). The topological polar surface area (TPSA) is 67.2 Å². The fraction of sp³-hybridized carbons (Fsp3) is 0.0714. The summed E-state index contributed by atoms with van der Waals surface area (Å²) in [5, 5.41) is 4.97. The summed E-state index contributed by atoms with van der Waals surface area (Å²) in [6.45, 7) is 0. The van der Waals surface area contributed by atoms with Gasteiger partial charge in [-0.25, -0.2) is 13.2 Å². The first-order valence-corrected chi connectivity index (χ1v) is 5.96. The molecule has 0 fully saturated rings. The third-order valence-corrected chi connectivity index (χ3v) is 2.85. The van der Waals surface area contributed by atoms with Crippen LogP contribution in [0, 0.1) is 17.5 Å². The number of benzene rings is 2. The third kappa shape index (κ3) is 2.91. The van der Waals surface area contributed by atoms with Crippen LogP contribution in [0.3, 0.4) is 0 Å². The molecule has 0 aliphatic heterocycles. The van der Waals surface area contributed by atoms with Crippen molar-refractivity contribution in [2.45, 2.75) is 0 Å². The second kappa shape index (κ2) is 5.74. The highest BCUT2D eigenvalue weighted by molar-refractivity contribution is 5.96. The highest BCUT2D eigenvalue weighted by atomic mass is 19.2. The van der Waals surface area contributed by atoms with E-state index in [1.54, 1.807) is 0 Å². The molecule has 0 heterocycles. The van der Waals surface area contributed by atoms with Crippen molar-refractivity contribution in [1.29, 1.82) is 0 Å². The normalized spacial score (nSPS) is 10.3. The zero-order valence-electron chi connectivity index (χ0n) is 11.0. The van der Waals surface area contributed by atoms with Crippen LogP contribution >= 0.6 is 0 Å². The van der Waals surface area contributed by atoms with E-state index in [4.69, 9.17) is 5.73 Å². The summed E-state index contributed by atoms with van der Waals surface area (Å²) in [5.74, 6) is -4.59. The number of nitrogen functional groups attached to an aromatic ring is 1. The van der Waals surface area contributed by atoms with Gasteiger partial charge in [0.15, 0.2) is 17.5 Å². The maximum Gasteiger partial charge on any atom is 0.251 e. The number of hydrogen-bond acceptors (Lipinski definition) is 3. The molecular formula is C14H12F3N3O. The Morgan fingerprint density at radius 2 is 1.76 bits per heavy atom. The van der Waals surface area contributed by atoms with Crippen molar-refractivity contribution in [2.75, 3.05) is 18.1 Å². The van der Waals surface area contributed by atoms with Crippen LogP contribution in [0.1, 0.15) is 10.4 Å². The first kappa shape index (κ1) is 14.7. The fourth-order valence-corrected chi connectivity index (χ4v) is 1.72. The Balaban J connectivity index is 2.40. The zero-order chi connectivity index (χ0) is 15.6. The number of hydrogen-bond donors (Lipinski definition) is 3. The fourth-order valence-electron chi connectivity index (χ4n) is 1.72. The highest BCUT2D eigenvalue weighted by Crippen LogP contribution is 2.27. The van der Waals surface area contributed by atoms with Gasteiger partial charge in [-0.1, -0.05) is 0 Å². The van der Waals surface area contributed by atoms with Gasteiger partial charge in [0.05, 0.1) is 17.1 Å². The van der Waals surface area contributed by atoms with Gasteiger partial charge < -0.3 is 16.4 Å². The van der Waals surface area contributed by atoms with Gasteiger partial charge in [-0.15, -0.1) is 0 Å². The summed E-state index contributed by atoms with van der Waals surface area (Å²) in [6.07, 6.45) is 0. The van der Waals surface area contributed by atoms with Crippen molar-refractivity contribution in [1.82, 2.24) is 5.32 Å². The first-order chi connectivity index (χ1) is 9.93. The van der Waals surface area contributed by atoms with Crippen LogP contribution in [0.25, 0.3) is 0 Å². The van der Waals surface area contributed by atoms with Crippen LogP contribution in [0.2, 0.25) is 0 Å². The lowest BCUT2D eigenvalue weighted by Gasteiger charge is -2.12. The average molecular weight is 295 g/mol. The van der Waals surface area contributed by atoms with E-state index in [1.807, 2.05) is 0 Å². The molecule has 0 spiro atoms. The smallest absolute Gasteiger partial charge is 0.251 e. The lowest BCUT2D eigenvalue weighted by atomic mass is 10.1. The second-order valence-corrected chi connectivity index (χ2v) is 4.23. The minimum atomic E-state index is -1.58. The molecule has 0 aliphatic rings. The molecule has 4 N–H and O–H groups in total. The average Bonchev–Trinajstić information content (AvgIpc) is 2.49. The number of rotatable bonds is 3. The van der Waals surface area contributed by atoms with Crippen molar-refractivity contribution in [3.05, 3.63) is 53.3 Å².